The molecule has 16 heavy (non-hydrogen) atoms. The van der Waals surface area contributed by atoms with E-state index >= 15 is 0 Å². The molecule has 1 atom stereocenters. The number of thiol groups is 1. The second-order valence-electron chi connectivity index (χ2n) is 3.19. The van der Waals surface area contributed by atoms with Crippen LogP contribution in [0, 0.1) is 0 Å². The third-order valence-electron chi connectivity index (χ3n) is 2.09. The van der Waals surface area contributed by atoms with Crippen LogP contribution in [0.2, 0.25) is 0 Å². The Morgan fingerprint density at radius 2 is 2.06 bits per heavy atom. The van der Waals surface area contributed by atoms with Crippen LogP contribution in [0.3, 0.4) is 0 Å². The highest BCUT2D eigenvalue weighted by Crippen LogP contribution is 2.35. The highest BCUT2D eigenvalue weighted by molar-refractivity contribution is 8.36. The van der Waals surface area contributed by atoms with Gasteiger partial charge in [0, 0.05) is 6.20 Å². The average Bonchev–Trinajstić information content (AvgIpc) is 2.76. The molecule has 1 aliphatic heterocycles. The number of hydrogen-bond donors (Lipinski definition) is 2. The molecule has 2 rings (SSSR count). The molecule has 1 heterocycles. The maximum absolute atomic E-state index is 10.8. The molecule has 4 heteroatoms. The molecule has 0 saturated carbocycles. The van der Waals surface area contributed by atoms with E-state index in [-0.39, 0.29) is 5.04 Å². The molecule has 0 aliphatic carbocycles. The number of rotatable bonds is 3. The summed E-state index contributed by atoms with van der Waals surface area (Å²) in [5.41, 5.74) is 1.06. The van der Waals surface area contributed by atoms with E-state index < -0.39 is 16.9 Å². The van der Waals surface area contributed by atoms with Crippen molar-refractivity contribution in [3.8, 4) is 0 Å². The Hall–Kier alpha value is -1.81. The Morgan fingerprint density at radius 1 is 1.31 bits per heavy atom. The van der Waals surface area contributed by atoms with E-state index in [4.69, 9.17) is 5.11 Å². The van der Waals surface area contributed by atoms with Gasteiger partial charge < -0.3 is 5.11 Å². The van der Waals surface area contributed by atoms with Crippen LogP contribution >= 0.6 is 10.9 Å². The first-order valence-corrected chi connectivity index (χ1v) is 6.25. The molecule has 3 nitrogen and oxygen atoms in total. The van der Waals surface area contributed by atoms with E-state index in [1.807, 2.05) is 47.2 Å². The van der Waals surface area contributed by atoms with E-state index in [0.29, 0.717) is 0 Å². The number of carboxylic acids is 1. The minimum absolute atomic E-state index is 0.238. The number of benzene rings is 1. The molecule has 0 spiro atoms. The maximum atomic E-state index is 10.8. The molecule has 0 bridgehead atoms. The van der Waals surface area contributed by atoms with E-state index in [0.717, 1.165) is 5.56 Å². The van der Waals surface area contributed by atoms with Crippen LogP contribution in [-0.4, -0.2) is 16.1 Å². The van der Waals surface area contributed by atoms with Gasteiger partial charge in [-0.1, -0.05) is 30.3 Å². The van der Waals surface area contributed by atoms with Crippen molar-refractivity contribution < 1.29 is 9.90 Å². The zero-order valence-electron chi connectivity index (χ0n) is 8.45. The topological polar surface area (TPSA) is 49.7 Å². The van der Waals surface area contributed by atoms with E-state index in [1.165, 1.54) is 0 Å². The molecule has 0 saturated heterocycles. The van der Waals surface area contributed by atoms with Crippen LogP contribution in [-0.2, 0) is 4.79 Å². The molecule has 1 aliphatic rings. The van der Waals surface area contributed by atoms with Crippen molar-refractivity contribution >= 4 is 28.0 Å². The van der Waals surface area contributed by atoms with Crippen molar-refractivity contribution in [1.82, 2.24) is 0 Å². The lowest BCUT2D eigenvalue weighted by atomic mass is 10.2. The van der Waals surface area contributed by atoms with Gasteiger partial charge in [0.25, 0.3) is 0 Å². The molecule has 0 amide bonds. The fourth-order valence-corrected chi connectivity index (χ4v) is 2.68. The lowest BCUT2D eigenvalue weighted by Gasteiger charge is -2.06. The summed E-state index contributed by atoms with van der Waals surface area (Å²) in [6.45, 7) is 0. The van der Waals surface area contributed by atoms with Crippen molar-refractivity contribution in [2.75, 3.05) is 0 Å². The second-order valence-corrected chi connectivity index (χ2v) is 5.02. The molecule has 0 radical (unpaired) electrons. The first-order valence-electron chi connectivity index (χ1n) is 4.77. The summed E-state index contributed by atoms with van der Waals surface area (Å²) >= 11 is 0. The van der Waals surface area contributed by atoms with Crippen molar-refractivity contribution in [3.63, 3.8) is 0 Å². The van der Waals surface area contributed by atoms with E-state index in [1.54, 1.807) is 6.20 Å². The predicted molar refractivity (Wildman–Crippen MR) is 68.7 cm³/mol. The molecule has 1 N–H and O–H groups in total. The largest absolute Gasteiger partial charge is 0.476 e. The van der Waals surface area contributed by atoms with Gasteiger partial charge in [-0.2, -0.15) is 10.9 Å². The zero-order valence-corrected chi connectivity index (χ0v) is 9.34. The van der Waals surface area contributed by atoms with Crippen molar-refractivity contribution in [2.45, 2.75) is 0 Å². The first kappa shape index (κ1) is 10.7. The van der Waals surface area contributed by atoms with Gasteiger partial charge in [-0.05, 0) is 22.5 Å². The summed E-state index contributed by atoms with van der Waals surface area (Å²) in [7, 11) is -0.882. The Kier molecular flexibility index (Phi) is 3.22. The molecule has 0 fully saturated rings. The Morgan fingerprint density at radius 3 is 2.75 bits per heavy atom. The standard InChI is InChI=1S/C12H11NO2S/c14-12(15)11-13-7-9-16(11)8-6-10-4-2-1-3-5-10/h1-9,16H,(H,14,15). The van der Waals surface area contributed by atoms with Gasteiger partial charge in [0.05, 0.1) is 0 Å². The maximum Gasteiger partial charge on any atom is 0.360 e. The SMILES string of the molecule is O=C(O)C1=NC=C[SH]1C=Cc1ccccc1. The number of hydrogen-bond acceptors (Lipinski definition) is 2. The quantitative estimate of drug-likeness (QED) is 0.788. The summed E-state index contributed by atoms with van der Waals surface area (Å²) in [5, 5.41) is 12.9. The molecular weight excluding hydrogens is 222 g/mol. The molecular formula is C12H11NO2S. The molecule has 1 unspecified atom stereocenters. The number of carboxylic acid groups (broad SMARTS) is 1. The lowest BCUT2D eigenvalue weighted by molar-refractivity contribution is -0.129. The van der Waals surface area contributed by atoms with Crippen LogP contribution in [0.25, 0.3) is 6.08 Å². The number of carbonyl (C=O) groups is 1. The highest BCUT2D eigenvalue weighted by atomic mass is 32.2. The molecule has 82 valence electrons. The minimum Gasteiger partial charge on any atom is -0.476 e. The number of aliphatic imine (C=N–C) groups is 1. The molecule has 1 aromatic rings. The normalized spacial score (nSPS) is 21.2. The summed E-state index contributed by atoms with van der Waals surface area (Å²) < 4.78 is 0. The molecule has 0 aromatic heterocycles. The summed E-state index contributed by atoms with van der Waals surface area (Å²) in [5.74, 6) is -0.936. The smallest absolute Gasteiger partial charge is 0.360 e. The first-order chi connectivity index (χ1) is 7.77. The average molecular weight is 233 g/mol. The third-order valence-corrected chi connectivity index (χ3v) is 3.81. The summed E-state index contributed by atoms with van der Waals surface area (Å²) in [6, 6.07) is 9.79. The number of nitrogens with zero attached hydrogens (tertiary/aromatic N) is 1. The van der Waals surface area contributed by atoms with Gasteiger partial charge in [0.2, 0.25) is 0 Å². The Labute approximate surface area is 96.2 Å². The van der Waals surface area contributed by atoms with E-state index in [9.17, 15) is 4.79 Å². The van der Waals surface area contributed by atoms with Crippen LogP contribution in [0.4, 0.5) is 0 Å². The van der Waals surface area contributed by atoms with Gasteiger partial charge in [-0.3, -0.25) is 0 Å². The molecule has 1 aromatic carbocycles. The van der Waals surface area contributed by atoms with Crippen LogP contribution in [0.1, 0.15) is 5.56 Å². The van der Waals surface area contributed by atoms with Gasteiger partial charge in [-0.15, -0.1) is 0 Å². The van der Waals surface area contributed by atoms with Gasteiger partial charge in [-0.25, -0.2) is 9.79 Å². The fraction of sp³-hybridized carbons (Fsp3) is 0. The van der Waals surface area contributed by atoms with Crippen molar-refractivity contribution in [3.05, 3.63) is 52.9 Å². The second kappa shape index (κ2) is 4.81. The summed E-state index contributed by atoms with van der Waals surface area (Å²) in [4.78, 5) is 14.7. The van der Waals surface area contributed by atoms with Crippen LogP contribution < -0.4 is 0 Å². The zero-order chi connectivity index (χ0) is 11.4. The van der Waals surface area contributed by atoms with E-state index in [2.05, 4.69) is 4.99 Å². The fourth-order valence-electron chi connectivity index (χ4n) is 1.33. The monoisotopic (exact) mass is 233 g/mol. The van der Waals surface area contributed by atoms with Gasteiger partial charge >= 0.3 is 5.97 Å². The third kappa shape index (κ3) is 2.41. The Balaban J connectivity index is 2.11. The number of aliphatic carboxylic acids is 1. The van der Waals surface area contributed by atoms with Crippen molar-refractivity contribution in [2.24, 2.45) is 4.99 Å². The lowest BCUT2D eigenvalue weighted by Crippen LogP contribution is -2.08. The van der Waals surface area contributed by atoms with Crippen LogP contribution in [0.15, 0.2) is 52.3 Å². The van der Waals surface area contributed by atoms with Gasteiger partial charge in [0.15, 0.2) is 5.04 Å². The predicted octanol–water partition coefficient (Wildman–Crippen LogP) is 2.63. The Bertz CT molecular complexity index is 477. The van der Waals surface area contributed by atoms with Gasteiger partial charge in [0.1, 0.15) is 0 Å². The summed E-state index contributed by atoms with van der Waals surface area (Å²) in [6.07, 6.45) is 3.49. The highest BCUT2D eigenvalue weighted by Gasteiger charge is 2.17. The van der Waals surface area contributed by atoms with Crippen molar-refractivity contribution in [1.29, 1.82) is 0 Å². The van der Waals surface area contributed by atoms with Crippen LogP contribution in [0.5, 0.6) is 0 Å². The minimum atomic E-state index is -0.936.